The third kappa shape index (κ3) is 1.21. The Morgan fingerprint density at radius 2 is 1.93 bits per heavy atom. The maximum atomic E-state index is 2.41. The molecule has 0 saturated heterocycles. The van der Waals surface area contributed by atoms with Crippen LogP contribution in [0, 0.1) is 11.8 Å². The molecule has 0 aliphatic heterocycles. The molecule has 0 bridgehead atoms. The van der Waals surface area contributed by atoms with Gasteiger partial charge in [0, 0.05) is 5.92 Å². The van der Waals surface area contributed by atoms with Gasteiger partial charge in [0.25, 0.3) is 0 Å². The average Bonchev–Trinajstić information content (AvgIpc) is 2.79. The van der Waals surface area contributed by atoms with Gasteiger partial charge in [-0.25, -0.2) is 0 Å². The summed E-state index contributed by atoms with van der Waals surface area (Å²) in [5, 5.41) is 0. The second-order valence-electron chi connectivity index (χ2n) is 4.46. The summed E-state index contributed by atoms with van der Waals surface area (Å²) in [6.07, 6.45) is 19.3. The van der Waals surface area contributed by atoms with Crippen LogP contribution in [0.25, 0.3) is 0 Å². The average molecular weight is 184 g/mol. The molecule has 3 aliphatic carbocycles. The lowest BCUT2D eigenvalue weighted by Gasteiger charge is -2.14. The molecule has 1 unspecified atom stereocenters. The highest BCUT2D eigenvalue weighted by molar-refractivity contribution is 5.44. The third-order valence-electron chi connectivity index (χ3n) is 3.61. The van der Waals surface area contributed by atoms with Crippen molar-refractivity contribution in [3.63, 3.8) is 0 Å². The van der Waals surface area contributed by atoms with Crippen LogP contribution in [-0.4, -0.2) is 0 Å². The van der Waals surface area contributed by atoms with Crippen LogP contribution < -0.4 is 0 Å². The first-order valence-corrected chi connectivity index (χ1v) is 5.69. The first kappa shape index (κ1) is 8.28. The molecular formula is C14H16. The van der Waals surface area contributed by atoms with Crippen LogP contribution in [-0.2, 0) is 0 Å². The van der Waals surface area contributed by atoms with Gasteiger partial charge in [-0.1, -0.05) is 42.0 Å². The summed E-state index contributed by atoms with van der Waals surface area (Å²) in [4.78, 5) is 0. The number of allylic oxidation sites excluding steroid dienone is 8. The topological polar surface area (TPSA) is 0 Å². The lowest BCUT2D eigenvalue weighted by atomic mass is 9.91. The summed E-state index contributed by atoms with van der Waals surface area (Å²) in [6.45, 7) is 0. The van der Waals surface area contributed by atoms with Gasteiger partial charge >= 0.3 is 0 Å². The lowest BCUT2D eigenvalue weighted by Crippen LogP contribution is -2.00. The molecule has 1 saturated carbocycles. The molecule has 0 heteroatoms. The van der Waals surface area contributed by atoms with Crippen LogP contribution in [0.2, 0.25) is 0 Å². The monoisotopic (exact) mass is 184 g/mol. The highest BCUT2D eigenvalue weighted by Gasteiger charge is 2.27. The van der Waals surface area contributed by atoms with Crippen molar-refractivity contribution >= 4 is 0 Å². The predicted molar refractivity (Wildman–Crippen MR) is 59.9 cm³/mol. The van der Waals surface area contributed by atoms with E-state index in [1.54, 1.807) is 11.1 Å². The Bertz CT molecular complexity index is 340. The van der Waals surface area contributed by atoms with Crippen LogP contribution in [0.3, 0.4) is 0 Å². The van der Waals surface area contributed by atoms with Gasteiger partial charge in [0.1, 0.15) is 0 Å². The fraction of sp³-hybridized carbons (Fsp3) is 0.429. The van der Waals surface area contributed by atoms with Crippen molar-refractivity contribution in [3.8, 4) is 0 Å². The Morgan fingerprint density at radius 1 is 1.07 bits per heavy atom. The summed E-state index contributed by atoms with van der Waals surface area (Å²) < 4.78 is 0. The summed E-state index contributed by atoms with van der Waals surface area (Å²) in [7, 11) is 0. The second kappa shape index (κ2) is 3.27. The van der Waals surface area contributed by atoms with Crippen molar-refractivity contribution in [2.24, 2.45) is 11.8 Å². The molecule has 0 aromatic carbocycles. The lowest BCUT2D eigenvalue weighted by molar-refractivity contribution is 0.770. The molecule has 0 amide bonds. The standard InChI is InChI=1S/C14H16/c1-2-5-11(6-3-1)14-10-9-12-7-4-8-13(12)14/h2-3,5-6,9-12H,1,4,7-8H2. The summed E-state index contributed by atoms with van der Waals surface area (Å²) in [5.74, 6) is 1.38. The molecule has 0 nitrogen and oxygen atoms in total. The van der Waals surface area contributed by atoms with Gasteiger partial charge in [-0.15, -0.1) is 0 Å². The van der Waals surface area contributed by atoms with Gasteiger partial charge < -0.3 is 0 Å². The zero-order valence-corrected chi connectivity index (χ0v) is 8.45. The van der Waals surface area contributed by atoms with E-state index in [0.717, 1.165) is 12.3 Å². The molecule has 3 aliphatic rings. The molecule has 3 rings (SSSR count). The van der Waals surface area contributed by atoms with Gasteiger partial charge in [-0.3, -0.25) is 0 Å². The minimum absolute atomic E-state index is 0.582. The summed E-state index contributed by atoms with van der Waals surface area (Å²) in [5.41, 5.74) is 3.32. The van der Waals surface area contributed by atoms with E-state index >= 15 is 0 Å². The van der Waals surface area contributed by atoms with Gasteiger partial charge in [0.2, 0.25) is 0 Å². The first-order valence-electron chi connectivity index (χ1n) is 5.69. The van der Waals surface area contributed by atoms with Crippen molar-refractivity contribution < 1.29 is 0 Å². The molecule has 72 valence electrons. The largest absolute Gasteiger partial charge is 0.0838 e. The van der Waals surface area contributed by atoms with Gasteiger partial charge in [0.05, 0.1) is 0 Å². The number of hydrogen-bond donors (Lipinski definition) is 0. The van der Waals surface area contributed by atoms with Crippen molar-refractivity contribution in [2.75, 3.05) is 0 Å². The molecule has 0 aromatic heterocycles. The quantitative estimate of drug-likeness (QED) is 0.544. The van der Waals surface area contributed by atoms with Crippen molar-refractivity contribution in [2.45, 2.75) is 25.7 Å². The number of fused-ring (bicyclic) bond motifs is 1. The summed E-state index contributed by atoms with van der Waals surface area (Å²) >= 11 is 0. The fourth-order valence-electron chi connectivity index (χ4n) is 2.90. The smallest absolute Gasteiger partial charge is 0.0198 e. The van der Waals surface area contributed by atoms with E-state index in [4.69, 9.17) is 0 Å². The minimum atomic E-state index is 0.582. The first-order chi connectivity index (χ1) is 6.95. The third-order valence-corrected chi connectivity index (χ3v) is 3.61. The van der Waals surface area contributed by atoms with Crippen molar-refractivity contribution in [1.29, 1.82) is 0 Å². The van der Waals surface area contributed by atoms with Crippen LogP contribution in [0.5, 0.6) is 0 Å². The van der Waals surface area contributed by atoms with Crippen LogP contribution in [0.4, 0.5) is 0 Å². The van der Waals surface area contributed by atoms with E-state index in [0.29, 0.717) is 5.92 Å². The SMILES string of the molecule is C1=CC(C2=C3CCCC3C=C2)C=CC1. The van der Waals surface area contributed by atoms with Crippen LogP contribution >= 0.6 is 0 Å². The van der Waals surface area contributed by atoms with E-state index in [1.165, 1.54) is 19.3 Å². The molecule has 1 fully saturated rings. The van der Waals surface area contributed by atoms with Gasteiger partial charge in [0.15, 0.2) is 0 Å². The molecule has 1 atom stereocenters. The minimum Gasteiger partial charge on any atom is -0.0838 e. The molecule has 0 N–H and O–H groups in total. The van der Waals surface area contributed by atoms with E-state index in [-0.39, 0.29) is 0 Å². The van der Waals surface area contributed by atoms with Crippen molar-refractivity contribution in [1.82, 2.24) is 0 Å². The Hall–Kier alpha value is -1.04. The zero-order chi connectivity index (χ0) is 9.38. The number of hydrogen-bond acceptors (Lipinski definition) is 0. The molecule has 0 spiro atoms. The van der Waals surface area contributed by atoms with Crippen molar-refractivity contribution in [3.05, 3.63) is 47.6 Å². The van der Waals surface area contributed by atoms with Crippen LogP contribution in [0.15, 0.2) is 47.6 Å². The zero-order valence-electron chi connectivity index (χ0n) is 8.45. The van der Waals surface area contributed by atoms with E-state index in [2.05, 4.69) is 36.5 Å². The van der Waals surface area contributed by atoms with Gasteiger partial charge in [-0.05, 0) is 37.2 Å². The highest BCUT2D eigenvalue weighted by atomic mass is 14.3. The Kier molecular flexibility index (Phi) is 1.93. The molecule has 14 heavy (non-hydrogen) atoms. The molecule has 0 radical (unpaired) electrons. The maximum Gasteiger partial charge on any atom is 0.0198 e. The van der Waals surface area contributed by atoms with Crippen LogP contribution in [0.1, 0.15) is 25.7 Å². The van der Waals surface area contributed by atoms with E-state index in [1.807, 2.05) is 0 Å². The van der Waals surface area contributed by atoms with E-state index in [9.17, 15) is 0 Å². The maximum absolute atomic E-state index is 2.41. The Morgan fingerprint density at radius 3 is 2.79 bits per heavy atom. The molecule has 0 aromatic rings. The molecule has 0 heterocycles. The van der Waals surface area contributed by atoms with E-state index < -0.39 is 0 Å². The summed E-state index contributed by atoms with van der Waals surface area (Å²) in [6, 6.07) is 0. The normalized spacial score (nSPS) is 30.4. The Labute approximate surface area is 85.7 Å². The fourth-order valence-corrected chi connectivity index (χ4v) is 2.90. The highest BCUT2D eigenvalue weighted by Crippen LogP contribution is 2.42. The second-order valence-corrected chi connectivity index (χ2v) is 4.46. The Balaban J connectivity index is 1.94. The number of rotatable bonds is 1. The molecular weight excluding hydrogens is 168 g/mol. The van der Waals surface area contributed by atoms with Gasteiger partial charge in [-0.2, -0.15) is 0 Å². The predicted octanol–water partition coefficient (Wildman–Crippen LogP) is 3.79.